The summed E-state index contributed by atoms with van der Waals surface area (Å²) in [6, 6.07) is 5.05. The highest BCUT2D eigenvalue weighted by Gasteiger charge is 2.25. The van der Waals surface area contributed by atoms with Crippen molar-refractivity contribution in [1.82, 2.24) is 9.96 Å². The summed E-state index contributed by atoms with van der Waals surface area (Å²) in [6.45, 7) is 0.675. The lowest BCUT2D eigenvalue weighted by Gasteiger charge is -2.27. The van der Waals surface area contributed by atoms with Gasteiger partial charge in [0.05, 0.1) is 30.8 Å². The maximum atomic E-state index is 14.0. The monoisotopic (exact) mass is 415 g/mol. The summed E-state index contributed by atoms with van der Waals surface area (Å²) in [7, 11) is 0. The maximum Gasteiger partial charge on any atom is 0.147 e. The SMILES string of the molecule is OCCON1C=C2C=CC=C(Nc3ccc(I)cc3F)N2C1. The highest BCUT2D eigenvalue weighted by Crippen LogP contribution is 2.28. The molecule has 0 atom stereocenters. The number of hydroxylamine groups is 2. The van der Waals surface area contributed by atoms with E-state index in [-0.39, 0.29) is 19.0 Å². The molecule has 3 rings (SSSR count). The molecule has 2 heterocycles. The van der Waals surface area contributed by atoms with Gasteiger partial charge in [0.1, 0.15) is 18.3 Å². The van der Waals surface area contributed by atoms with Gasteiger partial charge in [-0.1, -0.05) is 6.08 Å². The van der Waals surface area contributed by atoms with Crippen molar-refractivity contribution in [3.8, 4) is 0 Å². The van der Waals surface area contributed by atoms with Gasteiger partial charge in [0.15, 0.2) is 0 Å². The predicted octanol–water partition coefficient (Wildman–Crippen LogP) is 2.59. The van der Waals surface area contributed by atoms with Crippen LogP contribution in [0.1, 0.15) is 0 Å². The van der Waals surface area contributed by atoms with Crippen molar-refractivity contribution in [1.29, 1.82) is 0 Å². The Hall–Kier alpha value is -1.58. The minimum atomic E-state index is -0.291. The molecular formula is C15H15FIN3O2. The molecule has 0 aliphatic carbocycles. The van der Waals surface area contributed by atoms with Gasteiger partial charge < -0.3 is 15.3 Å². The third kappa shape index (κ3) is 3.26. The van der Waals surface area contributed by atoms with Gasteiger partial charge in [-0.15, -0.1) is 0 Å². The summed E-state index contributed by atoms with van der Waals surface area (Å²) in [4.78, 5) is 7.35. The van der Waals surface area contributed by atoms with Crippen LogP contribution in [-0.2, 0) is 4.84 Å². The Balaban J connectivity index is 1.74. The molecule has 2 aliphatic rings. The summed E-state index contributed by atoms with van der Waals surface area (Å²) in [5.74, 6) is 0.476. The molecule has 0 aromatic heterocycles. The van der Waals surface area contributed by atoms with Crippen LogP contribution in [-0.4, -0.2) is 35.0 Å². The Morgan fingerprint density at radius 3 is 3.05 bits per heavy atom. The molecule has 0 unspecified atom stereocenters. The molecule has 116 valence electrons. The van der Waals surface area contributed by atoms with Crippen LogP contribution >= 0.6 is 22.6 Å². The lowest BCUT2D eigenvalue weighted by molar-refractivity contribution is -0.134. The molecule has 1 aromatic rings. The largest absolute Gasteiger partial charge is 0.394 e. The van der Waals surface area contributed by atoms with Crippen LogP contribution < -0.4 is 5.32 Å². The Morgan fingerprint density at radius 1 is 1.41 bits per heavy atom. The van der Waals surface area contributed by atoms with E-state index >= 15 is 0 Å². The van der Waals surface area contributed by atoms with Crippen molar-refractivity contribution >= 4 is 28.3 Å². The summed E-state index contributed by atoms with van der Waals surface area (Å²) in [5, 5.41) is 13.6. The molecule has 0 amide bonds. The van der Waals surface area contributed by atoms with Crippen molar-refractivity contribution in [2.24, 2.45) is 0 Å². The van der Waals surface area contributed by atoms with E-state index in [1.165, 1.54) is 6.07 Å². The van der Waals surface area contributed by atoms with E-state index in [0.29, 0.717) is 12.4 Å². The summed E-state index contributed by atoms with van der Waals surface area (Å²) >= 11 is 2.08. The minimum absolute atomic E-state index is 0.0374. The highest BCUT2D eigenvalue weighted by molar-refractivity contribution is 14.1. The summed E-state index contributed by atoms with van der Waals surface area (Å²) in [6.07, 6.45) is 7.55. The molecule has 5 nitrogen and oxygen atoms in total. The molecule has 0 spiro atoms. The average Bonchev–Trinajstić information content (AvgIpc) is 2.92. The molecule has 0 bridgehead atoms. The third-order valence-electron chi connectivity index (χ3n) is 3.22. The van der Waals surface area contributed by atoms with E-state index in [1.54, 1.807) is 11.1 Å². The first kappa shape index (κ1) is 15.3. The van der Waals surface area contributed by atoms with Crippen LogP contribution in [0, 0.1) is 9.39 Å². The number of anilines is 1. The number of hydrogen-bond donors (Lipinski definition) is 2. The molecule has 0 saturated heterocycles. The van der Waals surface area contributed by atoms with Gasteiger partial charge in [-0.05, 0) is 52.9 Å². The van der Waals surface area contributed by atoms with Crippen molar-refractivity contribution in [3.63, 3.8) is 0 Å². The van der Waals surface area contributed by atoms with Gasteiger partial charge in [0.25, 0.3) is 0 Å². The molecule has 7 heteroatoms. The molecule has 2 N–H and O–H groups in total. The van der Waals surface area contributed by atoms with Crippen molar-refractivity contribution in [2.75, 3.05) is 25.2 Å². The lowest BCUT2D eigenvalue weighted by Crippen LogP contribution is -2.31. The molecule has 1 aromatic carbocycles. The van der Waals surface area contributed by atoms with E-state index in [4.69, 9.17) is 9.94 Å². The zero-order chi connectivity index (χ0) is 15.5. The van der Waals surface area contributed by atoms with Crippen LogP contribution in [0.5, 0.6) is 0 Å². The van der Waals surface area contributed by atoms with E-state index in [1.807, 2.05) is 35.4 Å². The first-order valence-corrected chi connectivity index (χ1v) is 7.85. The molecular weight excluding hydrogens is 400 g/mol. The fraction of sp³-hybridized carbons (Fsp3) is 0.200. The first-order valence-electron chi connectivity index (χ1n) is 6.77. The quantitative estimate of drug-likeness (QED) is 0.725. The van der Waals surface area contributed by atoms with Crippen LogP contribution in [0.3, 0.4) is 0 Å². The first-order chi connectivity index (χ1) is 10.7. The third-order valence-corrected chi connectivity index (χ3v) is 3.89. The fourth-order valence-corrected chi connectivity index (χ4v) is 2.68. The van der Waals surface area contributed by atoms with Crippen LogP contribution in [0.25, 0.3) is 0 Å². The average molecular weight is 415 g/mol. The Kier molecular flexibility index (Phi) is 4.65. The van der Waals surface area contributed by atoms with Gasteiger partial charge in [-0.25, -0.2) is 9.45 Å². The summed E-state index contributed by atoms with van der Waals surface area (Å²) in [5.41, 5.74) is 1.37. The van der Waals surface area contributed by atoms with Crippen molar-refractivity contribution in [3.05, 3.63) is 63.5 Å². The Morgan fingerprint density at radius 2 is 2.27 bits per heavy atom. The number of nitrogens with one attached hydrogen (secondary N) is 1. The van der Waals surface area contributed by atoms with Gasteiger partial charge in [0.2, 0.25) is 0 Å². The second kappa shape index (κ2) is 6.67. The van der Waals surface area contributed by atoms with Gasteiger partial charge in [0, 0.05) is 3.57 Å². The number of nitrogens with zero attached hydrogens (tertiary/aromatic N) is 2. The lowest BCUT2D eigenvalue weighted by atomic mass is 10.2. The second-order valence-corrected chi connectivity index (χ2v) is 6.00. The Labute approximate surface area is 141 Å². The normalized spacial score (nSPS) is 16.5. The van der Waals surface area contributed by atoms with E-state index in [9.17, 15) is 4.39 Å². The number of benzene rings is 1. The smallest absolute Gasteiger partial charge is 0.147 e. The van der Waals surface area contributed by atoms with Crippen molar-refractivity contribution < 1.29 is 14.3 Å². The number of rotatable bonds is 5. The van der Waals surface area contributed by atoms with E-state index in [2.05, 4.69) is 27.9 Å². The van der Waals surface area contributed by atoms with Crippen molar-refractivity contribution in [2.45, 2.75) is 0 Å². The Bertz CT molecular complexity index is 660. The van der Waals surface area contributed by atoms with Gasteiger partial charge in [-0.3, -0.25) is 4.84 Å². The second-order valence-electron chi connectivity index (χ2n) is 4.76. The molecule has 2 aliphatic heterocycles. The number of fused-ring (bicyclic) bond motifs is 1. The number of aliphatic hydroxyl groups is 1. The summed E-state index contributed by atoms with van der Waals surface area (Å²) < 4.78 is 14.8. The topological polar surface area (TPSA) is 48.0 Å². The number of aliphatic hydroxyl groups excluding tert-OH is 1. The maximum absolute atomic E-state index is 14.0. The number of hydrogen-bond acceptors (Lipinski definition) is 5. The molecule has 22 heavy (non-hydrogen) atoms. The van der Waals surface area contributed by atoms with Crippen LogP contribution in [0.2, 0.25) is 0 Å². The zero-order valence-electron chi connectivity index (χ0n) is 11.7. The standard InChI is InChI=1S/C15H15FIN3O2/c16-13-8-11(17)4-5-14(13)18-15-3-1-2-12-9-19(10-20(12)15)22-7-6-21/h1-5,8-9,18,21H,6-7,10H2. The number of allylic oxidation sites excluding steroid dienone is 3. The van der Waals surface area contributed by atoms with Crippen LogP contribution in [0.4, 0.5) is 10.1 Å². The van der Waals surface area contributed by atoms with Gasteiger partial charge >= 0.3 is 0 Å². The zero-order valence-corrected chi connectivity index (χ0v) is 13.8. The molecule has 0 fully saturated rings. The number of halogens is 2. The molecule has 0 radical (unpaired) electrons. The molecule has 0 saturated carbocycles. The van der Waals surface area contributed by atoms with Crippen LogP contribution in [0.15, 0.2) is 54.1 Å². The van der Waals surface area contributed by atoms with E-state index < -0.39 is 0 Å². The minimum Gasteiger partial charge on any atom is -0.394 e. The fourth-order valence-electron chi connectivity index (χ4n) is 2.23. The predicted molar refractivity (Wildman–Crippen MR) is 89.6 cm³/mol. The highest BCUT2D eigenvalue weighted by atomic mass is 127. The van der Waals surface area contributed by atoms with Gasteiger partial charge in [-0.2, -0.15) is 0 Å². The van der Waals surface area contributed by atoms with E-state index in [0.717, 1.165) is 15.1 Å².